The highest BCUT2D eigenvalue weighted by Crippen LogP contribution is 2.30. The van der Waals surface area contributed by atoms with Gasteiger partial charge in [0.15, 0.2) is 0 Å². The number of nitrogens with zero attached hydrogens (tertiary/aromatic N) is 2. The van der Waals surface area contributed by atoms with Crippen molar-refractivity contribution in [2.45, 2.75) is 0 Å². The topological polar surface area (TPSA) is 73.1 Å². The summed E-state index contributed by atoms with van der Waals surface area (Å²) >= 11 is 3.40. The first-order chi connectivity index (χ1) is 8.19. The van der Waals surface area contributed by atoms with Gasteiger partial charge >= 0.3 is 0 Å². The maximum atomic E-state index is 5.58. The molecule has 0 aliphatic heterocycles. The standard InChI is InChI=1S/C11H11BrN4O/c1-17-9-3-2-7(12)4-8(9)16-11-5-10(13)14-6-15-11/h2-6H,1H3,(H3,13,14,15,16). The van der Waals surface area contributed by atoms with Gasteiger partial charge in [-0.2, -0.15) is 0 Å². The van der Waals surface area contributed by atoms with E-state index in [4.69, 9.17) is 10.5 Å². The minimum Gasteiger partial charge on any atom is -0.495 e. The van der Waals surface area contributed by atoms with Gasteiger partial charge in [-0.3, -0.25) is 0 Å². The van der Waals surface area contributed by atoms with Crippen molar-refractivity contribution in [2.75, 3.05) is 18.2 Å². The van der Waals surface area contributed by atoms with Crippen molar-refractivity contribution in [1.29, 1.82) is 0 Å². The Balaban J connectivity index is 2.32. The van der Waals surface area contributed by atoms with Crippen molar-refractivity contribution < 1.29 is 4.74 Å². The van der Waals surface area contributed by atoms with Crippen LogP contribution in [0.25, 0.3) is 0 Å². The molecule has 0 radical (unpaired) electrons. The number of halogens is 1. The number of ether oxygens (including phenoxy) is 1. The van der Waals surface area contributed by atoms with Gasteiger partial charge in [-0.1, -0.05) is 15.9 Å². The van der Waals surface area contributed by atoms with Crippen molar-refractivity contribution in [1.82, 2.24) is 9.97 Å². The van der Waals surface area contributed by atoms with Crippen LogP contribution in [0.15, 0.2) is 35.1 Å². The Morgan fingerprint density at radius 2 is 2.12 bits per heavy atom. The lowest BCUT2D eigenvalue weighted by molar-refractivity contribution is 0.416. The van der Waals surface area contributed by atoms with Crippen LogP contribution >= 0.6 is 15.9 Å². The molecule has 0 spiro atoms. The normalized spacial score (nSPS) is 10.0. The van der Waals surface area contributed by atoms with E-state index in [9.17, 15) is 0 Å². The summed E-state index contributed by atoms with van der Waals surface area (Å²) in [7, 11) is 1.61. The summed E-state index contributed by atoms with van der Waals surface area (Å²) in [5, 5.41) is 3.12. The Labute approximate surface area is 107 Å². The zero-order valence-corrected chi connectivity index (χ0v) is 10.7. The Bertz CT molecular complexity index is 533. The van der Waals surface area contributed by atoms with Crippen molar-refractivity contribution in [3.63, 3.8) is 0 Å². The Morgan fingerprint density at radius 3 is 2.82 bits per heavy atom. The van der Waals surface area contributed by atoms with E-state index in [1.807, 2.05) is 18.2 Å². The average molecular weight is 295 g/mol. The molecule has 6 heteroatoms. The average Bonchev–Trinajstić information content (AvgIpc) is 2.29. The lowest BCUT2D eigenvalue weighted by Crippen LogP contribution is -1.99. The Morgan fingerprint density at radius 1 is 1.29 bits per heavy atom. The highest BCUT2D eigenvalue weighted by Gasteiger charge is 2.05. The molecule has 1 aromatic heterocycles. The second-order valence-corrected chi connectivity index (χ2v) is 4.21. The van der Waals surface area contributed by atoms with Gasteiger partial charge in [0.1, 0.15) is 23.7 Å². The summed E-state index contributed by atoms with van der Waals surface area (Å²) in [5.74, 6) is 1.76. The minimum absolute atomic E-state index is 0.413. The van der Waals surface area contributed by atoms with E-state index >= 15 is 0 Å². The summed E-state index contributed by atoms with van der Waals surface area (Å²) in [5.41, 5.74) is 6.39. The lowest BCUT2D eigenvalue weighted by atomic mass is 10.3. The summed E-state index contributed by atoms with van der Waals surface area (Å²) in [6, 6.07) is 7.31. The summed E-state index contributed by atoms with van der Waals surface area (Å²) < 4.78 is 6.19. The number of methoxy groups -OCH3 is 1. The molecule has 2 rings (SSSR count). The summed E-state index contributed by atoms with van der Waals surface area (Å²) in [6.45, 7) is 0. The molecule has 0 fully saturated rings. The van der Waals surface area contributed by atoms with E-state index in [0.717, 1.165) is 15.9 Å². The van der Waals surface area contributed by atoms with Gasteiger partial charge in [0.05, 0.1) is 12.8 Å². The van der Waals surface area contributed by atoms with E-state index < -0.39 is 0 Å². The van der Waals surface area contributed by atoms with E-state index in [-0.39, 0.29) is 0 Å². The second kappa shape index (κ2) is 5.01. The maximum Gasteiger partial charge on any atom is 0.142 e. The zero-order chi connectivity index (χ0) is 12.3. The van der Waals surface area contributed by atoms with Crippen molar-refractivity contribution in [2.24, 2.45) is 0 Å². The summed E-state index contributed by atoms with van der Waals surface area (Å²) in [4.78, 5) is 7.89. The quantitative estimate of drug-likeness (QED) is 0.910. The van der Waals surface area contributed by atoms with Gasteiger partial charge < -0.3 is 15.8 Å². The predicted octanol–water partition coefficient (Wildman–Crippen LogP) is 2.57. The minimum atomic E-state index is 0.413. The molecule has 17 heavy (non-hydrogen) atoms. The van der Waals surface area contributed by atoms with Gasteiger partial charge in [0, 0.05) is 10.5 Å². The number of hydrogen-bond acceptors (Lipinski definition) is 5. The fourth-order valence-corrected chi connectivity index (χ4v) is 1.72. The fourth-order valence-electron chi connectivity index (χ4n) is 1.36. The third kappa shape index (κ3) is 2.85. The first-order valence-electron chi connectivity index (χ1n) is 4.87. The molecule has 88 valence electrons. The van der Waals surface area contributed by atoms with E-state index in [2.05, 4.69) is 31.2 Å². The first-order valence-corrected chi connectivity index (χ1v) is 5.66. The van der Waals surface area contributed by atoms with Crippen LogP contribution in [0.4, 0.5) is 17.3 Å². The number of rotatable bonds is 3. The Hall–Kier alpha value is -1.82. The zero-order valence-electron chi connectivity index (χ0n) is 9.14. The van der Waals surface area contributed by atoms with Crippen LogP contribution in [-0.2, 0) is 0 Å². The molecule has 0 aliphatic rings. The van der Waals surface area contributed by atoms with Gasteiger partial charge in [0.25, 0.3) is 0 Å². The van der Waals surface area contributed by atoms with Gasteiger partial charge in [-0.25, -0.2) is 9.97 Å². The molecular formula is C11H11BrN4O. The molecule has 1 aromatic carbocycles. The maximum absolute atomic E-state index is 5.58. The highest BCUT2D eigenvalue weighted by atomic mass is 79.9. The van der Waals surface area contributed by atoms with Gasteiger partial charge in [0.2, 0.25) is 0 Å². The highest BCUT2D eigenvalue weighted by molar-refractivity contribution is 9.10. The van der Waals surface area contributed by atoms with Crippen LogP contribution in [0.5, 0.6) is 5.75 Å². The van der Waals surface area contributed by atoms with Crippen LogP contribution in [0.2, 0.25) is 0 Å². The van der Waals surface area contributed by atoms with E-state index in [0.29, 0.717) is 11.6 Å². The van der Waals surface area contributed by atoms with Crippen LogP contribution in [0.1, 0.15) is 0 Å². The predicted molar refractivity (Wildman–Crippen MR) is 70.4 cm³/mol. The smallest absolute Gasteiger partial charge is 0.142 e. The number of nitrogens with one attached hydrogen (secondary N) is 1. The number of benzene rings is 1. The molecule has 0 bridgehead atoms. The van der Waals surface area contributed by atoms with Crippen LogP contribution in [-0.4, -0.2) is 17.1 Å². The van der Waals surface area contributed by atoms with Crippen molar-refractivity contribution in [3.8, 4) is 5.75 Å². The molecular weight excluding hydrogens is 284 g/mol. The SMILES string of the molecule is COc1ccc(Br)cc1Nc1cc(N)ncn1. The largest absolute Gasteiger partial charge is 0.495 e. The molecule has 0 amide bonds. The molecule has 1 heterocycles. The molecule has 5 nitrogen and oxygen atoms in total. The number of anilines is 3. The molecule has 0 saturated carbocycles. The van der Waals surface area contributed by atoms with Gasteiger partial charge in [-0.15, -0.1) is 0 Å². The second-order valence-electron chi connectivity index (χ2n) is 3.30. The van der Waals surface area contributed by atoms with E-state index in [1.165, 1.54) is 6.33 Å². The van der Waals surface area contributed by atoms with Crippen LogP contribution < -0.4 is 15.8 Å². The van der Waals surface area contributed by atoms with E-state index in [1.54, 1.807) is 13.2 Å². The molecule has 0 unspecified atom stereocenters. The molecule has 0 saturated heterocycles. The third-order valence-corrected chi connectivity index (χ3v) is 2.61. The monoisotopic (exact) mass is 294 g/mol. The van der Waals surface area contributed by atoms with Crippen LogP contribution in [0.3, 0.4) is 0 Å². The molecule has 2 aromatic rings. The Kier molecular flexibility index (Phi) is 3.43. The summed E-state index contributed by atoms with van der Waals surface area (Å²) in [6.07, 6.45) is 1.40. The number of nitrogen functional groups attached to an aromatic ring is 1. The number of aromatic nitrogens is 2. The lowest BCUT2D eigenvalue weighted by Gasteiger charge is -2.10. The fraction of sp³-hybridized carbons (Fsp3) is 0.0909. The third-order valence-electron chi connectivity index (χ3n) is 2.11. The van der Waals surface area contributed by atoms with Crippen molar-refractivity contribution in [3.05, 3.63) is 35.1 Å². The molecule has 3 N–H and O–H groups in total. The molecule has 0 atom stereocenters. The molecule has 0 aliphatic carbocycles. The van der Waals surface area contributed by atoms with Crippen molar-refractivity contribution >= 4 is 33.3 Å². The number of hydrogen-bond donors (Lipinski definition) is 2. The van der Waals surface area contributed by atoms with Gasteiger partial charge in [-0.05, 0) is 18.2 Å². The van der Waals surface area contributed by atoms with Crippen LogP contribution in [0, 0.1) is 0 Å². The first kappa shape index (κ1) is 11.7. The number of nitrogens with two attached hydrogens (primary N) is 1.